The van der Waals surface area contributed by atoms with Gasteiger partial charge in [0.15, 0.2) is 9.84 Å². The minimum atomic E-state index is -3.09. The molecule has 2 atom stereocenters. The maximum absolute atomic E-state index is 13.1. The molecule has 2 aliphatic heterocycles. The van der Waals surface area contributed by atoms with Gasteiger partial charge in [-0.1, -0.05) is 36.4 Å². The summed E-state index contributed by atoms with van der Waals surface area (Å²) in [7, 11) is -3.09. The van der Waals surface area contributed by atoms with Crippen LogP contribution in [0.4, 0.5) is 5.69 Å². The number of sulfone groups is 1. The van der Waals surface area contributed by atoms with E-state index in [1.165, 1.54) is 5.56 Å². The van der Waals surface area contributed by atoms with E-state index in [1.807, 2.05) is 55.8 Å². The average Bonchev–Trinajstić information content (AvgIpc) is 3.41. The standard InChI is InChI=1S/C28H30N4O3S/c1-18-26(19(2)32(30-18)28(3)12-13-36(34,35)17-28)21-14-25(33)29-23-10-7-11-24-27(23)22(21)16-31(24)15-20-8-5-4-6-9-20/h4-11,16,21H,12-15,17H2,1-3H3,(H,29,33). The highest BCUT2D eigenvalue weighted by Gasteiger charge is 2.43. The zero-order valence-electron chi connectivity index (χ0n) is 20.8. The van der Waals surface area contributed by atoms with Crippen molar-refractivity contribution in [2.45, 2.75) is 51.6 Å². The summed E-state index contributed by atoms with van der Waals surface area (Å²) >= 11 is 0. The van der Waals surface area contributed by atoms with Crippen LogP contribution in [0.3, 0.4) is 0 Å². The Morgan fingerprint density at radius 3 is 2.61 bits per heavy atom. The van der Waals surface area contributed by atoms with Crippen LogP contribution in [0.1, 0.15) is 53.8 Å². The number of carbonyl (C=O) groups is 1. The summed E-state index contributed by atoms with van der Waals surface area (Å²) in [4.78, 5) is 13.1. The van der Waals surface area contributed by atoms with Crippen molar-refractivity contribution in [1.29, 1.82) is 0 Å². The fraction of sp³-hybridized carbons (Fsp3) is 0.357. The lowest BCUT2D eigenvalue weighted by molar-refractivity contribution is -0.116. The van der Waals surface area contributed by atoms with E-state index in [0.29, 0.717) is 12.8 Å². The van der Waals surface area contributed by atoms with Crippen LogP contribution >= 0.6 is 0 Å². The van der Waals surface area contributed by atoms with Gasteiger partial charge in [-0.2, -0.15) is 5.10 Å². The third-order valence-electron chi connectivity index (χ3n) is 7.86. The number of rotatable bonds is 4. The zero-order valence-corrected chi connectivity index (χ0v) is 21.6. The molecule has 7 nitrogen and oxygen atoms in total. The van der Waals surface area contributed by atoms with Crippen LogP contribution in [0.2, 0.25) is 0 Å². The highest BCUT2D eigenvalue weighted by atomic mass is 32.2. The number of amides is 1. The van der Waals surface area contributed by atoms with Gasteiger partial charge in [0.1, 0.15) is 0 Å². The number of benzene rings is 2. The van der Waals surface area contributed by atoms with Crippen molar-refractivity contribution < 1.29 is 13.2 Å². The molecular formula is C28H30N4O3S. The van der Waals surface area contributed by atoms with E-state index >= 15 is 0 Å². The van der Waals surface area contributed by atoms with Crippen LogP contribution in [-0.2, 0) is 26.7 Å². The average molecular weight is 503 g/mol. The van der Waals surface area contributed by atoms with Crippen molar-refractivity contribution in [3.8, 4) is 0 Å². The monoisotopic (exact) mass is 502 g/mol. The van der Waals surface area contributed by atoms with Gasteiger partial charge in [0.25, 0.3) is 0 Å². The Morgan fingerprint density at radius 1 is 1.11 bits per heavy atom. The predicted molar refractivity (Wildman–Crippen MR) is 141 cm³/mol. The summed E-state index contributed by atoms with van der Waals surface area (Å²) < 4.78 is 28.8. The van der Waals surface area contributed by atoms with E-state index in [0.717, 1.165) is 45.6 Å². The summed E-state index contributed by atoms with van der Waals surface area (Å²) in [6, 6.07) is 16.4. The normalized spacial score (nSPS) is 23.1. The van der Waals surface area contributed by atoms with Crippen molar-refractivity contribution in [2.75, 3.05) is 16.8 Å². The molecule has 2 unspecified atom stereocenters. The summed E-state index contributed by atoms with van der Waals surface area (Å²) in [5.41, 5.74) is 6.45. The fourth-order valence-electron chi connectivity index (χ4n) is 6.26. The second-order valence-corrected chi connectivity index (χ2v) is 12.7. The van der Waals surface area contributed by atoms with Gasteiger partial charge < -0.3 is 9.88 Å². The van der Waals surface area contributed by atoms with E-state index in [-0.39, 0.29) is 23.3 Å². The van der Waals surface area contributed by atoms with Gasteiger partial charge in [-0.3, -0.25) is 9.48 Å². The molecule has 0 bridgehead atoms. The molecule has 6 rings (SSSR count). The summed E-state index contributed by atoms with van der Waals surface area (Å²) in [6.45, 7) is 6.69. The van der Waals surface area contributed by atoms with Gasteiger partial charge in [0.2, 0.25) is 5.91 Å². The van der Waals surface area contributed by atoms with Crippen LogP contribution in [0.25, 0.3) is 10.9 Å². The minimum Gasteiger partial charge on any atom is -0.343 e. The predicted octanol–water partition coefficient (Wildman–Crippen LogP) is 4.51. The van der Waals surface area contributed by atoms with E-state index in [4.69, 9.17) is 5.10 Å². The maximum Gasteiger partial charge on any atom is 0.225 e. The molecule has 36 heavy (non-hydrogen) atoms. The first-order chi connectivity index (χ1) is 17.2. The number of carbonyl (C=O) groups excluding carboxylic acids is 1. The number of hydrogen-bond acceptors (Lipinski definition) is 4. The summed E-state index contributed by atoms with van der Waals surface area (Å²) in [6.07, 6.45) is 3.04. The van der Waals surface area contributed by atoms with Crippen LogP contribution in [0, 0.1) is 13.8 Å². The lowest BCUT2D eigenvalue weighted by Crippen LogP contribution is -2.33. The molecule has 0 radical (unpaired) electrons. The van der Waals surface area contributed by atoms with E-state index < -0.39 is 15.4 Å². The molecule has 1 amide bonds. The van der Waals surface area contributed by atoms with Crippen molar-refractivity contribution in [2.24, 2.45) is 0 Å². The highest BCUT2D eigenvalue weighted by molar-refractivity contribution is 7.91. The Labute approximate surface area is 211 Å². The highest BCUT2D eigenvalue weighted by Crippen LogP contribution is 2.44. The molecule has 0 spiro atoms. The topological polar surface area (TPSA) is 86.0 Å². The first-order valence-electron chi connectivity index (χ1n) is 12.4. The lowest BCUT2D eigenvalue weighted by Gasteiger charge is -2.25. The van der Waals surface area contributed by atoms with Crippen LogP contribution < -0.4 is 5.32 Å². The minimum absolute atomic E-state index is 0.0282. The fourth-order valence-corrected chi connectivity index (χ4v) is 8.37. The largest absolute Gasteiger partial charge is 0.343 e. The molecule has 186 valence electrons. The van der Waals surface area contributed by atoms with Gasteiger partial charge >= 0.3 is 0 Å². The Kier molecular flexibility index (Phi) is 5.16. The molecule has 0 saturated carbocycles. The maximum atomic E-state index is 13.1. The molecule has 2 aliphatic rings. The molecule has 1 N–H and O–H groups in total. The third-order valence-corrected chi connectivity index (χ3v) is 9.75. The van der Waals surface area contributed by atoms with Gasteiger partial charge in [-0.05, 0) is 50.5 Å². The van der Waals surface area contributed by atoms with E-state index in [9.17, 15) is 13.2 Å². The van der Waals surface area contributed by atoms with Crippen LogP contribution in [0.5, 0.6) is 0 Å². The molecule has 0 aliphatic carbocycles. The number of nitrogens with one attached hydrogen (secondary N) is 1. The van der Waals surface area contributed by atoms with Gasteiger partial charge in [-0.25, -0.2) is 8.42 Å². The molecule has 4 heterocycles. The number of hydrogen-bond donors (Lipinski definition) is 1. The Morgan fingerprint density at radius 2 is 1.89 bits per heavy atom. The Balaban J connectivity index is 1.52. The van der Waals surface area contributed by atoms with Crippen LogP contribution in [-0.4, -0.2) is 40.2 Å². The van der Waals surface area contributed by atoms with E-state index in [1.54, 1.807) is 0 Å². The quantitative estimate of drug-likeness (QED) is 0.445. The van der Waals surface area contributed by atoms with Gasteiger partial charge in [-0.15, -0.1) is 0 Å². The Bertz CT molecular complexity index is 1620. The lowest BCUT2D eigenvalue weighted by atomic mass is 9.87. The zero-order chi connectivity index (χ0) is 25.2. The SMILES string of the molecule is Cc1nn(C2(C)CCS(=O)(=O)C2)c(C)c1C1CC(=O)Nc2cccc3c2c1cn3Cc1ccccc1. The molecule has 1 saturated heterocycles. The summed E-state index contributed by atoms with van der Waals surface area (Å²) in [5, 5.41) is 9.05. The summed E-state index contributed by atoms with van der Waals surface area (Å²) in [5.74, 6) is 0.0648. The third kappa shape index (κ3) is 3.66. The first kappa shape index (κ1) is 23.0. The molecule has 1 fully saturated rings. The van der Waals surface area contributed by atoms with Crippen molar-refractivity contribution in [3.05, 3.63) is 82.8 Å². The number of aryl methyl sites for hydroxylation is 1. The molecule has 8 heteroatoms. The van der Waals surface area contributed by atoms with Crippen molar-refractivity contribution >= 4 is 32.3 Å². The molecule has 4 aromatic rings. The van der Waals surface area contributed by atoms with Crippen LogP contribution in [0.15, 0.2) is 54.7 Å². The molecule has 2 aromatic heterocycles. The number of nitrogens with zero attached hydrogens (tertiary/aromatic N) is 3. The molecule has 2 aromatic carbocycles. The van der Waals surface area contributed by atoms with Crippen molar-refractivity contribution in [3.63, 3.8) is 0 Å². The smallest absolute Gasteiger partial charge is 0.225 e. The first-order valence-corrected chi connectivity index (χ1v) is 14.2. The number of anilines is 1. The van der Waals surface area contributed by atoms with Gasteiger partial charge in [0, 0.05) is 41.7 Å². The second-order valence-electron chi connectivity index (χ2n) is 10.5. The molecular weight excluding hydrogens is 472 g/mol. The van der Waals surface area contributed by atoms with Gasteiger partial charge in [0.05, 0.1) is 33.9 Å². The second kappa shape index (κ2) is 8.06. The van der Waals surface area contributed by atoms with E-state index in [2.05, 4.69) is 34.3 Å². The Hall–Kier alpha value is -3.39. The number of aromatic nitrogens is 3. The van der Waals surface area contributed by atoms with Crippen molar-refractivity contribution in [1.82, 2.24) is 14.3 Å².